The van der Waals surface area contributed by atoms with E-state index in [2.05, 4.69) is 4.98 Å². The van der Waals surface area contributed by atoms with Crippen LogP contribution in [0, 0.1) is 0 Å². The number of carbonyl (C=O) groups is 2. The Morgan fingerprint density at radius 1 is 1.12 bits per heavy atom. The van der Waals surface area contributed by atoms with Gasteiger partial charge in [0.25, 0.3) is 0 Å². The molecule has 0 aliphatic carbocycles. The number of ketones is 1. The van der Waals surface area contributed by atoms with Crippen LogP contribution in [0.3, 0.4) is 0 Å². The Kier molecular flexibility index (Phi) is 5.46. The predicted octanol–water partition coefficient (Wildman–Crippen LogP) is 2.01. The van der Waals surface area contributed by atoms with Crippen molar-refractivity contribution in [3.63, 3.8) is 0 Å². The van der Waals surface area contributed by atoms with Crippen molar-refractivity contribution in [1.82, 2.24) is 4.98 Å². The van der Waals surface area contributed by atoms with Crippen molar-refractivity contribution >= 4 is 21.6 Å². The first-order valence-electron chi connectivity index (χ1n) is 7.26. The number of sulfone groups is 1. The molecule has 0 bridgehead atoms. The zero-order valence-electron chi connectivity index (χ0n) is 13.3. The molecule has 0 fully saturated rings. The van der Waals surface area contributed by atoms with E-state index in [9.17, 15) is 18.0 Å². The highest BCUT2D eigenvalue weighted by Gasteiger charge is 2.32. The number of benzene rings is 1. The summed E-state index contributed by atoms with van der Waals surface area (Å²) in [6.07, 6.45) is 2.57. The monoisotopic (exact) mass is 347 g/mol. The van der Waals surface area contributed by atoms with Gasteiger partial charge in [-0.1, -0.05) is 18.2 Å². The summed E-state index contributed by atoms with van der Waals surface area (Å²) in [6.45, 7) is 1.79. The number of rotatable bonds is 6. The predicted molar refractivity (Wildman–Crippen MR) is 87.5 cm³/mol. The summed E-state index contributed by atoms with van der Waals surface area (Å²) in [7, 11) is -3.36. The lowest BCUT2D eigenvalue weighted by Crippen LogP contribution is -2.25. The van der Waals surface area contributed by atoms with E-state index < -0.39 is 27.5 Å². The Labute approximate surface area is 140 Å². The summed E-state index contributed by atoms with van der Waals surface area (Å²) in [5.74, 6) is -2.36. The molecule has 0 aliphatic rings. The van der Waals surface area contributed by atoms with Crippen molar-refractivity contribution in [2.45, 2.75) is 17.7 Å². The maximum absolute atomic E-state index is 12.7. The van der Waals surface area contributed by atoms with Crippen LogP contribution in [0.25, 0.3) is 0 Å². The minimum absolute atomic E-state index is 0.101. The Morgan fingerprint density at radius 2 is 1.79 bits per heavy atom. The largest absolute Gasteiger partial charge is 0.465 e. The molecule has 1 atom stereocenters. The highest BCUT2D eigenvalue weighted by atomic mass is 32.2. The van der Waals surface area contributed by atoms with E-state index in [0.717, 1.165) is 6.26 Å². The van der Waals surface area contributed by atoms with Gasteiger partial charge in [0.05, 0.1) is 17.2 Å². The second-order valence-electron chi connectivity index (χ2n) is 5.10. The molecule has 0 N–H and O–H groups in total. The SMILES string of the molecule is CCOC(=O)C(C(=O)c1ccc(S(C)(=O)=O)cc1)c1ccccn1. The van der Waals surface area contributed by atoms with E-state index in [1.807, 2.05) is 0 Å². The average Bonchev–Trinajstić information content (AvgIpc) is 2.55. The molecule has 0 saturated carbocycles. The van der Waals surface area contributed by atoms with Crippen LogP contribution < -0.4 is 0 Å². The summed E-state index contributed by atoms with van der Waals surface area (Å²) >= 11 is 0. The molecule has 126 valence electrons. The van der Waals surface area contributed by atoms with Crippen LogP contribution in [0.1, 0.15) is 28.9 Å². The number of hydrogen-bond donors (Lipinski definition) is 0. The van der Waals surface area contributed by atoms with Crippen molar-refractivity contribution in [2.24, 2.45) is 0 Å². The first kappa shape index (κ1) is 17.8. The summed E-state index contributed by atoms with van der Waals surface area (Å²) in [5.41, 5.74) is 0.499. The maximum atomic E-state index is 12.7. The van der Waals surface area contributed by atoms with Crippen molar-refractivity contribution in [3.05, 3.63) is 59.9 Å². The van der Waals surface area contributed by atoms with E-state index in [4.69, 9.17) is 4.74 Å². The number of hydrogen-bond acceptors (Lipinski definition) is 6. The molecule has 1 aromatic heterocycles. The number of aromatic nitrogens is 1. The number of nitrogens with zero attached hydrogens (tertiary/aromatic N) is 1. The van der Waals surface area contributed by atoms with Gasteiger partial charge >= 0.3 is 5.97 Å². The standard InChI is InChI=1S/C17H17NO5S/c1-3-23-17(20)15(14-6-4-5-11-18-14)16(19)12-7-9-13(10-8-12)24(2,21)22/h4-11,15H,3H2,1-2H3. The highest BCUT2D eigenvalue weighted by molar-refractivity contribution is 7.90. The smallest absolute Gasteiger partial charge is 0.323 e. The van der Waals surface area contributed by atoms with E-state index in [1.54, 1.807) is 25.1 Å². The molecular formula is C17H17NO5S. The van der Waals surface area contributed by atoms with Crippen LogP contribution in [-0.2, 0) is 19.4 Å². The molecule has 0 spiro atoms. The number of esters is 1. The van der Waals surface area contributed by atoms with Gasteiger partial charge in [0.2, 0.25) is 0 Å². The van der Waals surface area contributed by atoms with E-state index in [0.29, 0.717) is 0 Å². The van der Waals surface area contributed by atoms with Crippen LogP contribution in [-0.4, -0.2) is 38.0 Å². The van der Waals surface area contributed by atoms with Gasteiger partial charge in [0.15, 0.2) is 21.5 Å². The second kappa shape index (κ2) is 7.35. The molecule has 0 radical (unpaired) electrons. The lowest BCUT2D eigenvalue weighted by molar-refractivity contribution is -0.143. The zero-order chi connectivity index (χ0) is 17.7. The third-order valence-electron chi connectivity index (χ3n) is 3.34. The van der Waals surface area contributed by atoms with Gasteiger partial charge in [-0.3, -0.25) is 14.6 Å². The van der Waals surface area contributed by atoms with E-state index in [-0.39, 0.29) is 22.8 Å². The summed E-state index contributed by atoms with van der Waals surface area (Å²) in [5, 5.41) is 0. The highest BCUT2D eigenvalue weighted by Crippen LogP contribution is 2.22. The molecule has 0 aliphatic heterocycles. The minimum atomic E-state index is -3.36. The number of carbonyl (C=O) groups excluding carboxylic acids is 2. The quantitative estimate of drug-likeness (QED) is 0.451. The lowest BCUT2D eigenvalue weighted by Gasteiger charge is -2.14. The molecule has 0 saturated heterocycles. The van der Waals surface area contributed by atoms with Gasteiger partial charge in [0, 0.05) is 18.0 Å². The fourth-order valence-electron chi connectivity index (χ4n) is 2.17. The van der Waals surface area contributed by atoms with E-state index in [1.165, 1.54) is 30.5 Å². The van der Waals surface area contributed by atoms with Crippen molar-refractivity contribution in [2.75, 3.05) is 12.9 Å². The average molecular weight is 347 g/mol. The molecule has 2 rings (SSSR count). The molecule has 2 aromatic rings. The first-order chi connectivity index (χ1) is 11.3. The first-order valence-corrected chi connectivity index (χ1v) is 9.15. The molecule has 7 heteroatoms. The van der Waals surface area contributed by atoms with Crippen LogP contribution in [0.4, 0.5) is 0 Å². The van der Waals surface area contributed by atoms with Crippen LogP contribution in [0.2, 0.25) is 0 Å². The fourth-order valence-corrected chi connectivity index (χ4v) is 2.80. The van der Waals surface area contributed by atoms with Crippen molar-refractivity contribution < 1.29 is 22.7 Å². The summed E-state index contributed by atoms with van der Waals surface area (Å²) in [6, 6.07) is 10.4. The van der Waals surface area contributed by atoms with Crippen LogP contribution >= 0.6 is 0 Å². The molecule has 0 amide bonds. The maximum Gasteiger partial charge on any atom is 0.323 e. The van der Waals surface area contributed by atoms with Gasteiger partial charge in [-0.25, -0.2) is 8.42 Å². The molecule has 1 heterocycles. The molecule has 1 aromatic carbocycles. The molecule has 1 unspecified atom stereocenters. The lowest BCUT2D eigenvalue weighted by atomic mass is 9.94. The second-order valence-corrected chi connectivity index (χ2v) is 7.12. The molecule has 6 nitrogen and oxygen atoms in total. The van der Waals surface area contributed by atoms with E-state index >= 15 is 0 Å². The Hall–Kier alpha value is -2.54. The van der Waals surface area contributed by atoms with Crippen LogP contribution in [0.5, 0.6) is 0 Å². The summed E-state index contributed by atoms with van der Waals surface area (Å²) < 4.78 is 28.0. The Bertz CT molecular complexity index is 829. The fraction of sp³-hybridized carbons (Fsp3) is 0.235. The number of Topliss-reactive ketones (excluding diaryl/α,β-unsaturated/α-hetero) is 1. The van der Waals surface area contributed by atoms with Gasteiger partial charge in [-0.15, -0.1) is 0 Å². The minimum Gasteiger partial charge on any atom is -0.465 e. The zero-order valence-corrected chi connectivity index (χ0v) is 14.1. The number of pyridine rings is 1. The topological polar surface area (TPSA) is 90.4 Å². The Morgan fingerprint density at radius 3 is 2.29 bits per heavy atom. The van der Waals surface area contributed by atoms with Gasteiger partial charge < -0.3 is 4.74 Å². The third-order valence-corrected chi connectivity index (χ3v) is 4.46. The van der Waals surface area contributed by atoms with Crippen molar-refractivity contribution in [3.8, 4) is 0 Å². The third kappa shape index (κ3) is 4.05. The van der Waals surface area contributed by atoms with Crippen molar-refractivity contribution in [1.29, 1.82) is 0 Å². The van der Waals surface area contributed by atoms with Gasteiger partial charge in [0.1, 0.15) is 0 Å². The normalized spacial score (nSPS) is 12.4. The van der Waals surface area contributed by atoms with Gasteiger partial charge in [-0.2, -0.15) is 0 Å². The Balaban J connectivity index is 2.39. The van der Waals surface area contributed by atoms with Crippen LogP contribution in [0.15, 0.2) is 53.6 Å². The number of ether oxygens (including phenoxy) is 1. The summed E-state index contributed by atoms with van der Waals surface area (Å²) in [4.78, 5) is 29.1. The van der Waals surface area contributed by atoms with Gasteiger partial charge in [-0.05, 0) is 31.2 Å². The molecular weight excluding hydrogens is 330 g/mol. The molecule has 24 heavy (non-hydrogen) atoms.